The van der Waals surface area contributed by atoms with E-state index in [-0.39, 0.29) is 12.2 Å². The molecule has 0 atom stereocenters. The Balaban J connectivity index is 5.64. The minimum atomic E-state index is -6.19. The van der Waals surface area contributed by atoms with Gasteiger partial charge in [0.1, 0.15) is 32.5 Å². The molecule has 0 radical (unpaired) electrons. The molecule has 0 fully saturated rings. The van der Waals surface area contributed by atoms with Gasteiger partial charge in [0.25, 0.3) is 0 Å². The van der Waals surface area contributed by atoms with Crippen LogP contribution in [0.2, 0.25) is 0 Å². The molecular formula is C23H22F20O7. The van der Waals surface area contributed by atoms with Crippen molar-refractivity contribution < 1.29 is 121 Å². The summed E-state index contributed by atoms with van der Waals surface area (Å²) in [7, 11) is 0. The second-order valence-electron chi connectivity index (χ2n) is 9.80. The van der Waals surface area contributed by atoms with Crippen LogP contribution in [-0.4, -0.2) is 119 Å². The first-order chi connectivity index (χ1) is 22.2. The number of halogens is 20. The van der Waals surface area contributed by atoms with Crippen molar-refractivity contribution in [2.75, 3.05) is 52.9 Å². The molecule has 0 heterocycles. The SMILES string of the molecule is O=C(C=CC(=O)OC(COCC(F)(F)C(F)(F)F)COCC(F)(F)C(F)(F)F)CC(COCC(F)(F)C(F)(F)F)COCC(F)(F)C(F)(F)F. The molecule has 0 bridgehead atoms. The summed E-state index contributed by atoms with van der Waals surface area (Å²) < 4.78 is 272. The molecule has 0 saturated heterocycles. The van der Waals surface area contributed by atoms with E-state index in [0.29, 0.717) is 0 Å². The van der Waals surface area contributed by atoms with Gasteiger partial charge in [-0.25, -0.2) is 4.79 Å². The number of esters is 1. The molecule has 0 aromatic heterocycles. The van der Waals surface area contributed by atoms with Crippen LogP contribution in [0, 0.1) is 5.92 Å². The monoisotopic (exact) mass is 790 g/mol. The van der Waals surface area contributed by atoms with E-state index < -0.39 is 131 Å². The topological polar surface area (TPSA) is 80.3 Å². The van der Waals surface area contributed by atoms with Crippen LogP contribution in [0.3, 0.4) is 0 Å². The third kappa shape index (κ3) is 16.1. The fourth-order valence-corrected chi connectivity index (χ4v) is 2.67. The summed E-state index contributed by atoms with van der Waals surface area (Å²) in [5.74, 6) is -27.3. The molecule has 0 aliphatic heterocycles. The average Bonchev–Trinajstić information content (AvgIpc) is 2.88. The standard InChI is InChI=1S/C23H22F20O7/c24-16(25,20(32,33)34)8-46-4-12(5-47-9-17(26,27)21(35,36)37)3-13(44)1-2-15(45)50-14(6-48-10-18(28,29)22(38,39)40)7-49-11-19(30,31)23(41,42)43/h1-2,12,14H,3-11H2. The maximum absolute atomic E-state index is 13.0. The Bertz CT molecular complexity index is 948. The number of ketones is 1. The van der Waals surface area contributed by atoms with Gasteiger partial charge in [-0.3, -0.25) is 4.79 Å². The van der Waals surface area contributed by atoms with Gasteiger partial charge in [-0.05, 0) is 6.08 Å². The van der Waals surface area contributed by atoms with Gasteiger partial charge in [0.05, 0.1) is 26.4 Å². The lowest BCUT2D eigenvalue weighted by molar-refractivity contribution is -0.301. The summed E-state index contributed by atoms with van der Waals surface area (Å²) in [5.41, 5.74) is 0. The maximum atomic E-state index is 13.0. The van der Waals surface area contributed by atoms with Crippen molar-refractivity contribution in [2.24, 2.45) is 5.92 Å². The second kappa shape index (κ2) is 17.7. The predicted molar refractivity (Wildman–Crippen MR) is 119 cm³/mol. The van der Waals surface area contributed by atoms with Gasteiger partial charge >= 0.3 is 54.4 Å². The van der Waals surface area contributed by atoms with E-state index in [1.165, 1.54) is 0 Å². The highest BCUT2D eigenvalue weighted by atomic mass is 19.4. The van der Waals surface area contributed by atoms with E-state index in [4.69, 9.17) is 0 Å². The third-order valence-corrected chi connectivity index (χ3v) is 5.28. The summed E-state index contributed by atoms with van der Waals surface area (Å²) in [4.78, 5) is 24.1. The van der Waals surface area contributed by atoms with Crippen LogP contribution in [0.4, 0.5) is 87.8 Å². The summed E-state index contributed by atoms with van der Waals surface area (Å²) in [5, 5.41) is 0. The van der Waals surface area contributed by atoms with Crippen molar-refractivity contribution in [3.63, 3.8) is 0 Å². The Labute approximate surface area is 265 Å². The highest BCUT2D eigenvalue weighted by molar-refractivity contribution is 5.96. The van der Waals surface area contributed by atoms with Crippen LogP contribution in [0.15, 0.2) is 12.2 Å². The van der Waals surface area contributed by atoms with Crippen molar-refractivity contribution in [3.05, 3.63) is 12.2 Å². The fourth-order valence-electron chi connectivity index (χ4n) is 2.67. The van der Waals surface area contributed by atoms with Crippen LogP contribution < -0.4 is 0 Å². The zero-order valence-electron chi connectivity index (χ0n) is 24.1. The quantitative estimate of drug-likeness (QED) is 0.0713. The van der Waals surface area contributed by atoms with E-state index >= 15 is 0 Å². The van der Waals surface area contributed by atoms with Gasteiger partial charge in [-0.15, -0.1) is 0 Å². The molecule has 0 amide bonds. The molecule has 0 rings (SSSR count). The largest absolute Gasteiger partial charge is 0.455 e. The highest BCUT2D eigenvalue weighted by Crippen LogP contribution is 2.38. The van der Waals surface area contributed by atoms with Gasteiger partial charge in [0, 0.05) is 18.4 Å². The van der Waals surface area contributed by atoms with Crippen LogP contribution in [0.5, 0.6) is 0 Å². The number of hydrogen-bond acceptors (Lipinski definition) is 7. The average molecular weight is 790 g/mol. The minimum absolute atomic E-state index is 0.0261. The van der Waals surface area contributed by atoms with Gasteiger partial charge in [0.15, 0.2) is 5.78 Å². The van der Waals surface area contributed by atoms with Crippen molar-refractivity contribution in [1.29, 1.82) is 0 Å². The lowest BCUT2D eigenvalue weighted by Gasteiger charge is -2.23. The molecule has 0 aromatic carbocycles. The number of rotatable bonds is 21. The normalized spacial score (nSPS) is 14.7. The van der Waals surface area contributed by atoms with Crippen LogP contribution in [0.1, 0.15) is 6.42 Å². The molecule has 0 aliphatic carbocycles. The zero-order chi connectivity index (χ0) is 39.6. The maximum Gasteiger partial charge on any atom is 0.455 e. The van der Waals surface area contributed by atoms with E-state index in [1.807, 2.05) is 0 Å². The molecule has 0 saturated carbocycles. The smallest absolute Gasteiger partial charge is 0.454 e. The Kier molecular flexibility index (Phi) is 16.7. The molecular weight excluding hydrogens is 768 g/mol. The van der Waals surface area contributed by atoms with Crippen LogP contribution in [0.25, 0.3) is 0 Å². The predicted octanol–water partition coefficient (Wildman–Crippen LogP) is 6.89. The number of ether oxygens (including phenoxy) is 5. The van der Waals surface area contributed by atoms with E-state index in [1.54, 1.807) is 0 Å². The lowest BCUT2D eigenvalue weighted by atomic mass is 10.0. The number of carbonyl (C=O) groups excluding carboxylic acids is 2. The van der Waals surface area contributed by atoms with Crippen molar-refractivity contribution in [3.8, 4) is 0 Å². The van der Waals surface area contributed by atoms with Gasteiger partial charge in [-0.2, -0.15) is 87.8 Å². The van der Waals surface area contributed by atoms with Crippen LogP contribution in [-0.2, 0) is 33.3 Å². The highest BCUT2D eigenvalue weighted by Gasteiger charge is 2.60. The molecule has 7 nitrogen and oxygen atoms in total. The Morgan fingerprint density at radius 2 is 0.720 bits per heavy atom. The van der Waals surface area contributed by atoms with Gasteiger partial charge < -0.3 is 23.7 Å². The van der Waals surface area contributed by atoms with Crippen LogP contribution >= 0.6 is 0 Å². The molecule has 0 aromatic rings. The number of carbonyl (C=O) groups is 2. The Hall–Kier alpha value is -2.68. The first-order valence-electron chi connectivity index (χ1n) is 12.7. The Morgan fingerprint density at radius 1 is 0.440 bits per heavy atom. The van der Waals surface area contributed by atoms with E-state index in [2.05, 4.69) is 23.7 Å². The number of alkyl halides is 20. The lowest BCUT2D eigenvalue weighted by Crippen LogP contribution is -2.43. The summed E-state index contributed by atoms with van der Waals surface area (Å²) in [6, 6.07) is 0. The molecule has 50 heavy (non-hydrogen) atoms. The van der Waals surface area contributed by atoms with Crippen molar-refractivity contribution in [1.82, 2.24) is 0 Å². The summed E-state index contributed by atoms with van der Waals surface area (Å²) in [6.45, 7) is -15.8. The minimum Gasteiger partial charge on any atom is -0.454 e. The van der Waals surface area contributed by atoms with E-state index in [0.717, 1.165) is 0 Å². The number of hydrogen-bond donors (Lipinski definition) is 0. The molecule has 0 aliphatic rings. The molecule has 296 valence electrons. The Morgan fingerprint density at radius 3 is 1.00 bits per heavy atom. The third-order valence-electron chi connectivity index (χ3n) is 5.28. The first kappa shape index (κ1) is 47.3. The molecule has 0 spiro atoms. The summed E-state index contributed by atoms with van der Waals surface area (Å²) >= 11 is 0. The fraction of sp³-hybridized carbons (Fsp3) is 0.826. The number of allylic oxidation sites excluding steroid dienone is 1. The van der Waals surface area contributed by atoms with Crippen molar-refractivity contribution in [2.45, 2.75) is 60.9 Å². The van der Waals surface area contributed by atoms with Gasteiger partial charge in [-0.1, -0.05) is 0 Å². The molecule has 27 heteroatoms. The van der Waals surface area contributed by atoms with Crippen molar-refractivity contribution >= 4 is 11.8 Å². The summed E-state index contributed by atoms with van der Waals surface area (Å²) in [6.07, 6.45) is -28.1. The van der Waals surface area contributed by atoms with E-state index in [9.17, 15) is 97.4 Å². The first-order valence-corrected chi connectivity index (χ1v) is 12.7. The molecule has 0 unspecified atom stereocenters. The van der Waals surface area contributed by atoms with Gasteiger partial charge in [0.2, 0.25) is 0 Å². The zero-order valence-corrected chi connectivity index (χ0v) is 24.1. The second-order valence-corrected chi connectivity index (χ2v) is 9.80. The molecule has 0 N–H and O–H groups in total.